The molecule has 1 aliphatic heterocycles. The predicted octanol–water partition coefficient (Wildman–Crippen LogP) is 3.89. The van der Waals surface area contributed by atoms with Gasteiger partial charge in [0.25, 0.3) is 0 Å². The lowest BCUT2D eigenvalue weighted by atomic mass is 10.0. The lowest BCUT2D eigenvalue weighted by Gasteiger charge is -2.31. The molecule has 6 nitrogen and oxygen atoms in total. The van der Waals surface area contributed by atoms with E-state index < -0.39 is 0 Å². The summed E-state index contributed by atoms with van der Waals surface area (Å²) < 4.78 is 5.04. The number of guanidine groups is 1. The molecule has 0 spiro atoms. The minimum Gasteiger partial charge on any atom is -0.450 e. The molecule has 1 saturated heterocycles. The van der Waals surface area contributed by atoms with E-state index in [4.69, 9.17) is 10.5 Å². The van der Waals surface area contributed by atoms with E-state index in [1.807, 2.05) is 6.92 Å². The van der Waals surface area contributed by atoms with Crippen LogP contribution in [0.5, 0.6) is 0 Å². The van der Waals surface area contributed by atoms with Gasteiger partial charge >= 0.3 is 6.09 Å². The van der Waals surface area contributed by atoms with Crippen molar-refractivity contribution in [2.24, 2.45) is 10.7 Å². The van der Waals surface area contributed by atoms with Gasteiger partial charge in [-0.2, -0.15) is 0 Å². The van der Waals surface area contributed by atoms with Gasteiger partial charge in [-0.15, -0.1) is 24.0 Å². The molecular formula is C21H35IN4O2. The van der Waals surface area contributed by atoms with Crippen LogP contribution in [0.25, 0.3) is 0 Å². The van der Waals surface area contributed by atoms with Crippen molar-refractivity contribution in [2.75, 3.05) is 26.2 Å². The summed E-state index contributed by atoms with van der Waals surface area (Å²) in [7, 11) is 0. The molecule has 1 aliphatic rings. The highest BCUT2D eigenvalue weighted by Gasteiger charge is 2.23. The van der Waals surface area contributed by atoms with Crippen LogP contribution >= 0.6 is 24.0 Å². The van der Waals surface area contributed by atoms with E-state index >= 15 is 0 Å². The van der Waals surface area contributed by atoms with Gasteiger partial charge in [-0.3, -0.25) is 4.99 Å². The maximum Gasteiger partial charge on any atom is 0.409 e. The van der Waals surface area contributed by atoms with Crippen molar-refractivity contribution >= 4 is 36.0 Å². The number of rotatable bonds is 7. The number of nitrogens with two attached hydrogens (primary N) is 1. The first kappa shape index (κ1) is 24.5. The molecule has 7 heteroatoms. The zero-order valence-corrected chi connectivity index (χ0v) is 19.6. The van der Waals surface area contributed by atoms with Crippen LogP contribution in [-0.2, 0) is 11.2 Å². The van der Waals surface area contributed by atoms with Gasteiger partial charge in [0.05, 0.1) is 6.61 Å². The van der Waals surface area contributed by atoms with E-state index in [0.29, 0.717) is 38.1 Å². The highest BCUT2D eigenvalue weighted by atomic mass is 127. The first-order valence-corrected chi connectivity index (χ1v) is 10.1. The minimum atomic E-state index is -0.223. The van der Waals surface area contributed by atoms with Crippen LogP contribution in [-0.4, -0.2) is 49.2 Å². The number of hydrogen-bond acceptors (Lipinski definition) is 3. The van der Waals surface area contributed by atoms with Crippen molar-refractivity contribution < 1.29 is 9.53 Å². The normalized spacial score (nSPS) is 15.3. The van der Waals surface area contributed by atoms with Crippen molar-refractivity contribution in [1.82, 2.24) is 10.2 Å². The number of likely N-dealkylation sites (tertiary alicyclic amines) is 1. The number of nitrogens with one attached hydrogen (secondary N) is 1. The van der Waals surface area contributed by atoms with Gasteiger partial charge in [0.15, 0.2) is 5.96 Å². The number of aryl methyl sites for hydroxylation is 1. The number of amides is 1. The Morgan fingerprint density at radius 2 is 1.93 bits per heavy atom. The summed E-state index contributed by atoms with van der Waals surface area (Å²) >= 11 is 0. The van der Waals surface area contributed by atoms with Gasteiger partial charge in [0, 0.05) is 25.7 Å². The second-order valence-corrected chi connectivity index (χ2v) is 7.37. The van der Waals surface area contributed by atoms with E-state index in [-0.39, 0.29) is 36.1 Å². The number of benzene rings is 1. The smallest absolute Gasteiger partial charge is 0.409 e. The minimum absolute atomic E-state index is 0. The number of nitrogens with zero attached hydrogens (tertiary/aromatic N) is 2. The lowest BCUT2D eigenvalue weighted by molar-refractivity contribution is 0.0963. The third kappa shape index (κ3) is 8.24. The van der Waals surface area contributed by atoms with Gasteiger partial charge in [-0.1, -0.05) is 38.1 Å². The summed E-state index contributed by atoms with van der Waals surface area (Å²) in [5.41, 5.74) is 8.73. The van der Waals surface area contributed by atoms with E-state index in [1.165, 1.54) is 11.1 Å². The Bertz CT molecular complexity index is 611. The molecule has 1 fully saturated rings. The fourth-order valence-electron chi connectivity index (χ4n) is 3.23. The Balaban J connectivity index is 0.00000392. The number of hydrogen-bond donors (Lipinski definition) is 2. The summed E-state index contributed by atoms with van der Waals surface area (Å²) in [5, 5.41) is 3.28. The zero-order chi connectivity index (χ0) is 19.6. The molecule has 3 N–H and O–H groups in total. The molecule has 0 aromatic heterocycles. The Labute approximate surface area is 186 Å². The molecule has 1 heterocycles. The quantitative estimate of drug-likeness (QED) is 0.257. The van der Waals surface area contributed by atoms with Crippen LogP contribution in [0, 0.1) is 0 Å². The maximum absolute atomic E-state index is 11.7. The number of halogens is 1. The number of aliphatic imine (C=N–C) groups is 1. The topological polar surface area (TPSA) is 80.0 Å². The molecule has 158 valence electrons. The van der Waals surface area contributed by atoms with E-state index in [9.17, 15) is 4.79 Å². The monoisotopic (exact) mass is 502 g/mol. The Morgan fingerprint density at radius 1 is 1.29 bits per heavy atom. The average molecular weight is 502 g/mol. The molecule has 2 rings (SSSR count). The third-order valence-electron chi connectivity index (χ3n) is 4.93. The second kappa shape index (κ2) is 12.9. The Kier molecular flexibility index (Phi) is 11.3. The highest BCUT2D eigenvalue weighted by Crippen LogP contribution is 2.15. The van der Waals surface area contributed by atoms with Crippen molar-refractivity contribution in [3.8, 4) is 0 Å². The molecule has 1 aromatic rings. The van der Waals surface area contributed by atoms with E-state index in [0.717, 1.165) is 25.7 Å². The van der Waals surface area contributed by atoms with Crippen LogP contribution in [0.1, 0.15) is 57.1 Å². The summed E-state index contributed by atoms with van der Waals surface area (Å²) in [4.78, 5) is 17.9. The van der Waals surface area contributed by atoms with E-state index in [1.54, 1.807) is 4.90 Å². The van der Waals surface area contributed by atoms with Crippen molar-refractivity contribution in [3.63, 3.8) is 0 Å². The number of carbonyl (C=O) groups is 1. The van der Waals surface area contributed by atoms with Crippen molar-refractivity contribution in [3.05, 3.63) is 35.4 Å². The zero-order valence-electron chi connectivity index (χ0n) is 17.3. The van der Waals surface area contributed by atoms with Gasteiger partial charge in [-0.05, 0) is 49.7 Å². The van der Waals surface area contributed by atoms with Gasteiger partial charge in [0.2, 0.25) is 0 Å². The molecule has 0 atom stereocenters. The van der Waals surface area contributed by atoms with Crippen molar-refractivity contribution in [1.29, 1.82) is 0 Å². The molecule has 1 aromatic carbocycles. The maximum atomic E-state index is 11.7. The summed E-state index contributed by atoms with van der Waals surface area (Å²) in [6.07, 6.45) is 3.48. The first-order valence-electron chi connectivity index (χ1n) is 10.1. The highest BCUT2D eigenvalue weighted by molar-refractivity contribution is 14.0. The number of carbonyl (C=O) groups excluding carboxylic acids is 1. The fourth-order valence-corrected chi connectivity index (χ4v) is 3.23. The Morgan fingerprint density at radius 3 is 2.50 bits per heavy atom. The van der Waals surface area contributed by atoms with Crippen LogP contribution < -0.4 is 11.1 Å². The van der Waals surface area contributed by atoms with Crippen LogP contribution in [0.4, 0.5) is 4.79 Å². The summed E-state index contributed by atoms with van der Waals surface area (Å²) in [5.74, 6) is 1.07. The van der Waals surface area contributed by atoms with Crippen LogP contribution in [0.2, 0.25) is 0 Å². The SMILES string of the molecule is CCOC(=O)N1CCC(NC(N)=NCCCc2ccc(C(C)C)cc2)CC1.I. The van der Waals surface area contributed by atoms with Gasteiger partial charge < -0.3 is 20.7 Å². The summed E-state index contributed by atoms with van der Waals surface area (Å²) in [6, 6.07) is 9.10. The molecule has 0 bridgehead atoms. The first-order chi connectivity index (χ1) is 13.0. The number of piperidine rings is 1. The average Bonchev–Trinajstić information content (AvgIpc) is 2.66. The second-order valence-electron chi connectivity index (χ2n) is 7.37. The molecular weight excluding hydrogens is 467 g/mol. The molecule has 28 heavy (non-hydrogen) atoms. The van der Waals surface area contributed by atoms with Gasteiger partial charge in [-0.25, -0.2) is 4.79 Å². The number of ether oxygens (including phenoxy) is 1. The standard InChI is InChI=1S/C21H34N4O2.HI/c1-4-27-21(26)25-14-11-19(12-15-25)24-20(22)23-13-5-6-17-7-9-18(10-8-17)16(2)3;/h7-10,16,19H,4-6,11-15H2,1-3H3,(H3,22,23,24);1H. The lowest BCUT2D eigenvalue weighted by Crippen LogP contribution is -2.48. The molecule has 0 aliphatic carbocycles. The largest absolute Gasteiger partial charge is 0.450 e. The molecule has 1 amide bonds. The third-order valence-corrected chi connectivity index (χ3v) is 4.93. The van der Waals surface area contributed by atoms with Crippen LogP contribution in [0.15, 0.2) is 29.3 Å². The van der Waals surface area contributed by atoms with Crippen molar-refractivity contribution in [2.45, 2.75) is 58.4 Å². The molecule has 0 unspecified atom stereocenters. The summed E-state index contributed by atoms with van der Waals surface area (Å²) in [6.45, 7) is 8.75. The van der Waals surface area contributed by atoms with E-state index in [2.05, 4.69) is 48.4 Å². The predicted molar refractivity (Wildman–Crippen MR) is 126 cm³/mol. The fraction of sp³-hybridized carbons (Fsp3) is 0.619. The van der Waals surface area contributed by atoms with Crippen LogP contribution in [0.3, 0.4) is 0 Å². The molecule has 0 saturated carbocycles. The Hall–Kier alpha value is -1.51. The van der Waals surface area contributed by atoms with Gasteiger partial charge in [0.1, 0.15) is 0 Å². The molecule has 0 radical (unpaired) electrons.